The molecular formula is C11H20N2O. The molecule has 0 aromatic rings. The van der Waals surface area contributed by atoms with Crippen LogP contribution in [0.5, 0.6) is 0 Å². The lowest BCUT2D eigenvalue weighted by Crippen LogP contribution is -2.38. The lowest BCUT2D eigenvalue weighted by molar-refractivity contribution is 0.132. The normalized spacial score (nSPS) is 21.8. The second kappa shape index (κ2) is 5.33. The molecule has 1 fully saturated rings. The van der Waals surface area contributed by atoms with Crippen molar-refractivity contribution >= 4 is 0 Å². The van der Waals surface area contributed by atoms with E-state index in [0.29, 0.717) is 0 Å². The maximum absolute atomic E-state index is 8.96. The Bertz CT molecular complexity index is 202. The van der Waals surface area contributed by atoms with E-state index in [4.69, 9.17) is 10.00 Å². The topological polar surface area (TPSA) is 36.3 Å². The molecule has 14 heavy (non-hydrogen) atoms. The van der Waals surface area contributed by atoms with Gasteiger partial charge in [0.15, 0.2) is 0 Å². The minimum Gasteiger partial charge on any atom is -0.385 e. The molecule has 3 heteroatoms. The average Bonchev–Trinajstić information content (AvgIpc) is 2.22. The molecule has 1 saturated heterocycles. The largest absolute Gasteiger partial charge is 0.385 e. The molecule has 3 nitrogen and oxygen atoms in total. The monoisotopic (exact) mass is 196 g/mol. The van der Waals surface area contributed by atoms with E-state index >= 15 is 0 Å². The van der Waals surface area contributed by atoms with Crippen LogP contribution < -0.4 is 0 Å². The smallest absolute Gasteiger partial charge is 0.0687 e. The number of likely N-dealkylation sites (tertiary alicyclic amines) is 1. The zero-order valence-electron chi connectivity index (χ0n) is 9.25. The van der Waals surface area contributed by atoms with Crippen LogP contribution in [0.15, 0.2) is 0 Å². The van der Waals surface area contributed by atoms with Crippen molar-refractivity contribution in [1.29, 1.82) is 5.26 Å². The zero-order chi connectivity index (χ0) is 10.4. The number of piperidine rings is 1. The summed E-state index contributed by atoms with van der Waals surface area (Å²) in [7, 11) is 1.74. The fourth-order valence-electron chi connectivity index (χ4n) is 1.81. The van der Waals surface area contributed by atoms with Crippen LogP contribution in [0.3, 0.4) is 0 Å². The summed E-state index contributed by atoms with van der Waals surface area (Å²) in [6, 6.07) is 2.42. The van der Waals surface area contributed by atoms with Crippen molar-refractivity contribution < 1.29 is 4.74 Å². The first-order valence-corrected chi connectivity index (χ1v) is 5.33. The highest BCUT2D eigenvalue weighted by Crippen LogP contribution is 2.29. The summed E-state index contributed by atoms with van der Waals surface area (Å²) in [4.78, 5) is 2.43. The highest BCUT2D eigenvalue weighted by molar-refractivity contribution is 4.98. The molecule has 0 aromatic carbocycles. The second-order valence-corrected chi connectivity index (χ2v) is 4.36. The summed E-state index contributed by atoms with van der Waals surface area (Å²) >= 11 is 0. The summed E-state index contributed by atoms with van der Waals surface area (Å²) in [5.41, 5.74) is -0.0717. The molecule has 0 spiro atoms. The number of nitriles is 1. The standard InChI is InChI=1S/C11H20N2O/c1-11(10-12)4-7-13(8-5-11)6-3-9-14-2/h3-9H2,1-2H3. The predicted molar refractivity (Wildman–Crippen MR) is 55.9 cm³/mol. The van der Waals surface area contributed by atoms with Gasteiger partial charge >= 0.3 is 0 Å². The Hall–Kier alpha value is -0.590. The van der Waals surface area contributed by atoms with Crippen LogP contribution in [-0.2, 0) is 4.74 Å². The van der Waals surface area contributed by atoms with E-state index in [0.717, 1.165) is 45.5 Å². The van der Waals surface area contributed by atoms with E-state index in [2.05, 4.69) is 17.9 Å². The van der Waals surface area contributed by atoms with E-state index in [9.17, 15) is 0 Å². The Morgan fingerprint density at radius 2 is 2.07 bits per heavy atom. The number of nitrogens with zero attached hydrogens (tertiary/aromatic N) is 2. The predicted octanol–water partition coefficient (Wildman–Crippen LogP) is 1.65. The highest BCUT2D eigenvalue weighted by Gasteiger charge is 2.29. The van der Waals surface area contributed by atoms with Crippen LogP contribution in [0.2, 0.25) is 0 Å². The van der Waals surface area contributed by atoms with Gasteiger partial charge in [0.1, 0.15) is 0 Å². The van der Waals surface area contributed by atoms with Crippen molar-refractivity contribution in [3.05, 3.63) is 0 Å². The molecule has 0 unspecified atom stereocenters. The number of methoxy groups -OCH3 is 1. The molecule has 80 valence electrons. The molecule has 0 aromatic heterocycles. The van der Waals surface area contributed by atoms with Crippen LogP contribution >= 0.6 is 0 Å². The van der Waals surface area contributed by atoms with Gasteiger partial charge < -0.3 is 9.64 Å². The number of hydrogen-bond donors (Lipinski definition) is 0. The Labute approximate surface area is 86.6 Å². The number of hydrogen-bond acceptors (Lipinski definition) is 3. The van der Waals surface area contributed by atoms with Gasteiger partial charge in [-0.25, -0.2) is 0 Å². The molecule has 1 aliphatic rings. The van der Waals surface area contributed by atoms with E-state index in [1.54, 1.807) is 7.11 Å². The number of ether oxygens (including phenoxy) is 1. The fraction of sp³-hybridized carbons (Fsp3) is 0.909. The van der Waals surface area contributed by atoms with Gasteiger partial charge in [-0.3, -0.25) is 0 Å². The van der Waals surface area contributed by atoms with Crippen molar-refractivity contribution in [2.75, 3.05) is 33.4 Å². The minimum absolute atomic E-state index is 0.0717. The van der Waals surface area contributed by atoms with Crippen LogP contribution in [0.1, 0.15) is 26.2 Å². The van der Waals surface area contributed by atoms with Crippen molar-refractivity contribution in [3.63, 3.8) is 0 Å². The van der Waals surface area contributed by atoms with Crippen molar-refractivity contribution in [3.8, 4) is 6.07 Å². The van der Waals surface area contributed by atoms with Gasteiger partial charge in [-0.05, 0) is 39.3 Å². The summed E-state index contributed by atoms with van der Waals surface area (Å²) < 4.78 is 5.02. The maximum Gasteiger partial charge on any atom is 0.0687 e. The van der Waals surface area contributed by atoms with E-state index in [-0.39, 0.29) is 5.41 Å². The summed E-state index contributed by atoms with van der Waals surface area (Å²) in [5.74, 6) is 0. The van der Waals surface area contributed by atoms with Crippen LogP contribution in [-0.4, -0.2) is 38.3 Å². The SMILES string of the molecule is COCCCN1CCC(C)(C#N)CC1. The Morgan fingerprint density at radius 1 is 1.43 bits per heavy atom. The Balaban J connectivity index is 2.20. The van der Waals surface area contributed by atoms with Crippen LogP contribution in [0.4, 0.5) is 0 Å². The summed E-state index contributed by atoms with van der Waals surface area (Å²) in [6.45, 7) is 6.14. The second-order valence-electron chi connectivity index (χ2n) is 4.36. The Kier molecular flexibility index (Phi) is 4.37. The van der Waals surface area contributed by atoms with E-state index in [1.807, 2.05) is 0 Å². The molecule has 0 bridgehead atoms. The highest BCUT2D eigenvalue weighted by atomic mass is 16.5. The third-order valence-electron chi connectivity index (χ3n) is 3.05. The first kappa shape index (κ1) is 11.5. The van der Waals surface area contributed by atoms with Crippen LogP contribution in [0, 0.1) is 16.7 Å². The number of rotatable bonds is 4. The molecule has 1 rings (SSSR count). The van der Waals surface area contributed by atoms with Crippen molar-refractivity contribution in [1.82, 2.24) is 4.90 Å². The van der Waals surface area contributed by atoms with Gasteiger partial charge in [0.2, 0.25) is 0 Å². The maximum atomic E-state index is 8.96. The zero-order valence-corrected chi connectivity index (χ0v) is 9.25. The minimum atomic E-state index is -0.0717. The van der Waals surface area contributed by atoms with Gasteiger partial charge in [-0.2, -0.15) is 5.26 Å². The molecule has 0 amide bonds. The van der Waals surface area contributed by atoms with Crippen molar-refractivity contribution in [2.45, 2.75) is 26.2 Å². The van der Waals surface area contributed by atoms with Gasteiger partial charge in [-0.15, -0.1) is 0 Å². The van der Waals surface area contributed by atoms with E-state index < -0.39 is 0 Å². The van der Waals surface area contributed by atoms with Crippen molar-refractivity contribution in [2.24, 2.45) is 5.41 Å². The molecule has 1 aliphatic heterocycles. The van der Waals surface area contributed by atoms with Crippen LogP contribution in [0.25, 0.3) is 0 Å². The summed E-state index contributed by atoms with van der Waals surface area (Å²) in [6.07, 6.45) is 3.12. The molecule has 0 atom stereocenters. The Morgan fingerprint density at radius 3 is 2.57 bits per heavy atom. The first-order chi connectivity index (χ1) is 6.70. The molecular weight excluding hydrogens is 176 g/mol. The van der Waals surface area contributed by atoms with Gasteiger partial charge in [0, 0.05) is 20.3 Å². The van der Waals surface area contributed by atoms with Gasteiger partial charge in [0.25, 0.3) is 0 Å². The third-order valence-corrected chi connectivity index (χ3v) is 3.05. The average molecular weight is 196 g/mol. The quantitative estimate of drug-likeness (QED) is 0.641. The molecule has 0 saturated carbocycles. The lowest BCUT2D eigenvalue weighted by atomic mass is 9.82. The van der Waals surface area contributed by atoms with Gasteiger partial charge in [-0.1, -0.05) is 0 Å². The first-order valence-electron chi connectivity index (χ1n) is 5.33. The fourth-order valence-corrected chi connectivity index (χ4v) is 1.81. The molecule has 0 N–H and O–H groups in total. The van der Waals surface area contributed by atoms with Gasteiger partial charge in [0.05, 0.1) is 11.5 Å². The molecule has 0 radical (unpaired) electrons. The molecule has 0 aliphatic carbocycles. The lowest BCUT2D eigenvalue weighted by Gasteiger charge is -2.34. The molecule has 1 heterocycles. The third kappa shape index (κ3) is 3.28. The van der Waals surface area contributed by atoms with E-state index in [1.165, 1.54) is 0 Å². The summed E-state index contributed by atoms with van der Waals surface area (Å²) in [5, 5.41) is 8.96.